The number of para-hydroxylation sites is 1. The van der Waals surface area contributed by atoms with E-state index in [0.717, 1.165) is 18.7 Å². The fraction of sp³-hybridized carbons (Fsp3) is 0.500. The van der Waals surface area contributed by atoms with E-state index in [2.05, 4.69) is 41.4 Å². The summed E-state index contributed by atoms with van der Waals surface area (Å²) >= 11 is 1.28. The summed E-state index contributed by atoms with van der Waals surface area (Å²) in [5.74, 6) is 0.711. The molecule has 1 atom stereocenters. The van der Waals surface area contributed by atoms with Gasteiger partial charge < -0.3 is 15.1 Å². The molecule has 0 saturated carbocycles. The van der Waals surface area contributed by atoms with Crippen molar-refractivity contribution in [2.75, 3.05) is 36.8 Å². The predicted octanol–water partition coefficient (Wildman–Crippen LogP) is 1.72. The maximum Gasteiger partial charge on any atom is 0.282 e. The van der Waals surface area contributed by atoms with E-state index in [0.29, 0.717) is 13.1 Å². The molecule has 0 aliphatic carbocycles. The maximum absolute atomic E-state index is 12.0. The monoisotopic (exact) mass is 319 g/mol. The smallest absolute Gasteiger partial charge is 0.282 e. The minimum Gasteiger partial charge on any atom is -0.366 e. The molecule has 22 heavy (non-hydrogen) atoms. The first-order valence-corrected chi connectivity index (χ1v) is 8.66. The van der Waals surface area contributed by atoms with Crippen LogP contribution in [0.3, 0.4) is 0 Å². The molecule has 2 amide bonds. The van der Waals surface area contributed by atoms with Crippen molar-refractivity contribution in [3.63, 3.8) is 0 Å². The minimum atomic E-state index is -0.0739. The SMILES string of the molecule is C[C@@H](CNC(=O)CN1CCSC1=O)N1CCc2ccccc21. The standard InChI is InChI=1S/C16H21N3O2S/c1-12(19-7-6-13-4-2-3-5-14(13)19)10-17-15(20)11-18-8-9-22-16(18)21/h2-5,12H,6-11H2,1H3,(H,17,20)/t12-/m0/s1. The molecule has 2 aliphatic rings. The summed E-state index contributed by atoms with van der Waals surface area (Å²) in [6, 6.07) is 8.67. The summed E-state index contributed by atoms with van der Waals surface area (Å²) in [4.78, 5) is 27.4. The molecule has 0 radical (unpaired) electrons. The van der Waals surface area contributed by atoms with Crippen LogP contribution >= 0.6 is 11.8 Å². The lowest BCUT2D eigenvalue weighted by atomic mass is 10.2. The molecule has 2 heterocycles. The van der Waals surface area contributed by atoms with Crippen molar-refractivity contribution in [2.24, 2.45) is 0 Å². The maximum atomic E-state index is 12.0. The van der Waals surface area contributed by atoms with Crippen LogP contribution in [-0.4, -0.2) is 54.0 Å². The van der Waals surface area contributed by atoms with E-state index in [9.17, 15) is 9.59 Å². The van der Waals surface area contributed by atoms with Crippen molar-refractivity contribution in [2.45, 2.75) is 19.4 Å². The number of thioether (sulfide) groups is 1. The number of carbonyl (C=O) groups is 2. The number of hydrogen-bond donors (Lipinski definition) is 1. The summed E-state index contributed by atoms with van der Waals surface area (Å²) in [5.41, 5.74) is 2.65. The van der Waals surface area contributed by atoms with Gasteiger partial charge in [-0.15, -0.1) is 0 Å². The minimum absolute atomic E-state index is 0.0108. The second kappa shape index (κ2) is 6.60. The lowest BCUT2D eigenvalue weighted by molar-refractivity contribution is -0.121. The third-order valence-electron chi connectivity index (χ3n) is 4.23. The Morgan fingerprint density at radius 1 is 1.36 bits per heavy atom. The van der Waals surface area contributed by atoms with Crippen molar-refractivity contribution in [1.82, 2.24) is 10.2 Å². The van der Waals surface area contributed by atoms with Crippen LogP contribution in [0.4, 0.5) is 10.5 Å². The van der Waals surface area contributed by atoms with Crippen LogP contribution in [-0.2, 0) is 11.2 Å². The van der Waals surface area contributed by atoms with Crippen molar-refractivity contribution < 1.29 is 9.59 Å². The molecule has 3 rings (SSSR count). The lowest BCUT2D eigenvalue weighted by Crippen LogP contribution is -2.44. The summed E-state index contributed by atoms with van der Waals surface area (Å²) in [6.45, 7) is 4.57. The molecular weight excluding hydrogens is 298 g/mol. The molecular formula is C16H21N3O2S. The quantitative estimate of drug-likeness (QED) is 0.898. The summed E-state index contributed by atoms with van der Waals surface area (Å²) in [5, 5.41) is 2.96. The third kappa shape index (κ3) is 3.21. The van der Waals surface area contributed by atoms with Gasteiger partial charge in [-0.05, 0) is 25.0 Å². The fourth-order valence-corrected chi connectivity index (χ4v) is 3.82. The van der Waals surface area contributed by atoms with E-state index >= 15 is 0 Å². The topological polar surface area (TPSA) is 52.7 Å². The average Bonchev–Trinajstić information content (AvgIpc) is 3.12. The second-order valence-corrected chi connectivity index (χ2v) is 6.81. The second-order valence-electron chi connectivity index (χ2n) is 5.76. The van der Waals surface area contributed by atoms with Crippen LogP contribution in [0, 0.1) is 0 Å². The van der Waals surface area contributed by atoms with Gasteiger partial charge in [0.15, 0.2) is 0 Å². The number of benzene rings is 1. The highest BCUT2D eigenvalue weighted by Gasteiger charge is 2.25. The number of carbonyl (C=O) groups excluding carboxylic acids is 2. The molecule has 5 nitrogen and oxygen atoms in total. The van der Waals surface area contributed by atoms with Crippen molar-refractivity contribution >= 4 is 28.6 Å². The molecule has 0 aromatic heterocycles. The Labute approximate surface area is 135 Å². The van der Waals surface area contributed by atoms with Crippen molar-refractivity contribution in [1.29, 1.82) is 0 Å². The highest BCUT2D eigenvalue weighted by atomic mass is 32.2. The normalized spacial score (nSPS) is 18.5. The van der Waals surface area contributed by atoms with Crippen LogP contribution in [0.2, 0.25) is 0 Å². The molecule has 0 bridgehead atoms. The van der Waals surface area contributed by atoms with Gasteiger partial charge in [-0.25, -0.2) is 0 Å². The molecule has 1 N–H and O–H groups in total. The predicted molar refractivity (Wildman–Crippen MR) is 89.4 cm³/mol. The summed E-state index contributed by atoms with van der Waals surface area (Å²) in [6.07, 6.45) is 1.06. The van der Waals surface area contributed by atoms with E-state index in [4.69, 9.17) is 0 Å². The van der Waals surface area contributed by atoms with Gasteiger partial charge in [0.2, 0.25) is 5.91 Å². The molecule has 1 aromatic carbocycles. The molecule has 0 spiro atoms. The van der Waals surface area contributed by atoms with Gasteiger partial charge in [0, 0.05) is 37.1 Å². The number of hydrogen-bond acceptors (Lipinski definition) is 4. The zero-order valence-corrected chi connectivity index (χ0v) is 13.6. The van der Waals surface area contributed by atoms with Crippen molar-refractivity contribution in [3.05, 3.63) is 29.8 Å². The Morgan fingerprint density at radius 2 is 2.18 bits per heavy atom. The van der Waals surface area contributed by atoms with Gasteiger partial charge in [-0.3, -0.25) is 9.59 Å². The van der Waals surface area contributed by atoms with Gasteiger partial charge in [0.05, 0.1) is 0 Å². The van der Waals surface area contributed by atoms with Crippen molar-refractivity contribution in [3.8, 4) is 0 Å². The first kappa shape index (κ1) is 15.2. The Bertz CT molecular complexity index is 578. The lowest BCUT2D eigenvalue weighted by Gasteiger charge is -2.27. The molecule has 6 heteroatoms. The van der Waals surface area contributed by atoms with Crippen LogP contribution in [0.5, 0.6) is 0 Å². The van der Waals surface area contributed by atoms with Crippen LogP contribution in [0.25, 0.3) is 0 Å². The van der Waals surface area contributed by atoms with E-state index in [1.807, 2.05) is 0 Å². The van der Waals surface area contributed by atoms with Crippen LogP contribution < -0.4 is 10.2 Å². The number of nitrogens with zero attached hydrogens (tertiary/aromatic N) is 2. The summed E-state index contributed by atoms with van der Waals surface area (Å²) in [7, 11) is 0. The third-order valence-corrected chi connectivity index (χ3v) is 5.12. The highest BCUT2D eigenvalue weighted by Crippen LogP contribution is 2.28. The Balaban J connectivity index is 1.49. The van der Waals surface area contributed by atoms with Gasteiger partial charge in [0.25, 0.3) is 5.24 Å². The zero-order valence-electron chi connectivity index (χ0n) is 12.7. The summed E-state index contributed by atoms with van der Waals surface area (Å²) < 4.78 is 0. The van der Waals surface area contributed by atoms with Gasteiger partial charge in [0.1, 0.15) is 6.54 Å². The van der Waals surface area contributed by atoms with Gasteiger partial charge in [-0.1, -0.05) is 30.0 Å². The number of fused-ring (bicyclic) bond motifs is 1. The Kier molecular flexibility index (Phi) is 4.57. The average molecular weight is 319 g/mol. The van der Waals surface area contributed by atoms with Crippen LogP contribution in [0.1, 0.15) is 12.5 Å². The first-order valence-electron chi connectivity index (χ1n) is 7.68. The van der Waals surface area contributed by atoms with Gasteiger partial charge in [-0.2, -0.15) is 0 Å². The Hall–Kier alpha value is -1.69. The van der Waals surface area contributed by atoms with Gasteiger partial charge >= 0.3 is 0 Å². The molecule has 2 aliphatic heterocycles. The number of anilines is 1. The number of amides is 2. The molecule has 0 unspecified atom stereocenters. The first-order chi connectivity index (χ1) is 10.6. The van der Waals surface area contributed by atoms with E-state index in [1.54, 1.807) is 4.90 Å². The van der Waals surface area contributed by atoms with Crippen LogP contribution in [0.15, 0.2) is 24.3 Å². The fourth-order valence-electron chi connectivity index (χ4n) is 2.99. The molecule has 1 fully saturated rings. The van der Waals surface area contributed by atoms with E-state index in [1.165, 1.54) is 23.0 Å². The number of rotatable bonds is 5. The molecule has 1 saturated heterocycles. The molecule has 1 aromatic rings. The number of nitrogens with one attached hydrogen (secondary N) is 1. The molecule has 118 valence electrons. The Morgan fingerprint density at radius 3 is 2.95 bits per heavy atom. The zero-order chi connectivity index (χ0) is 15.5. The van der Waals surface area contributed by atoms with E-state index in [-0.39, 0.29) is 23.7 Å². The van der Waals surface area contributed by atoms with E-state index < -0.39 is 0 Å². The largest absolute Gasteiger partial charge is 0.366 e. The highest BCUT2D eigenvalue weighted by molar-refractivity contribution is 8.13.